The third-order valence-corrected chi connectivity index (χ3v) is 6.24. The molecule has 0 saturated carbocycles. The van der Waals surface area contributed by atoms with Crippen LogP contribution in [0.25, 0.3) is 11.4 Å². The monoisotopic (exact) mass is 443 g/mol. The molecule has 1 heterocycles. The standard InChI is InChI=1S/C22H26ClN5OS/c1-5-28(6-2)19-13-7-16(8-14-19)20-25-26-22(27(20)4)30-15(3)21(29)24-18-11-9-17(23)10-12-18/h7-15H,5-6H2,1-4H3,(H,24,29). The van der Waals surface area contributed by atoms with Gasteiger partial charge in [-0.1, -0.05) is 23.4 Å². The average Bonchev–Trinajstić information content (AvgIpc) is 3.11. The molecule has 0 bridgehead atoms. The Balaban J connectivity index is 1.68. The number of carbonyl (C=O) groups excluding carboxylic acids is 1. The molecule has 0 saturated heterocycles. The van der Waals surface area contributed by atoms with Crippen molar-refractivity contribution >= 4 is 40.6 Å². The van der Waals surface area contributed by atoms with E-state index in [1.807, 2.05) is 18.5 Å². The first kappa shape index (κ1) is 22.2. The average molecular weight is 444 g/mol. The van der Waals surface area contributed by atoms with E-state index in [1.54, 1.807) is 24.3 Å². The predicted octanol–water partition coefficient (Wildman–Crippen LogP) is 5.10. The fourth-order valence-electron chi connectivity index (χ4n) is 3.07. The van der Waals surface area contributed by atoms with E-state index in [1.165, 1.54) is 17.4 Å². The molecule has 2 aromatic carbocycles. The minimum absolute atomic E-state index is 0.101. The lowest BCUT2D eigenvalue weighted by Gasteiger charge is -2.21. The van der Waals surface area contributed by atoms with Crippen LogP contribution < -0.4 is 10.2 Å². The summed E-state index contributed by atoms with van der Waals surface area (Å²) in [6, 6.07) is 15.4. The highest BCUT2D eigenvalue weighted by Gasteiger charge is 2.19. The molecular formula is C22H26ClN5OS. The molecule has 0 spiro atoms. The van der Waals surface area contributed by atoms with Crippen LogP contribution >= 0.6 is 23.4 Å². The third kappa shape index (κ3) is 5.15. The summed E-state index contributed by atoms with van der Waals surface area (Å²) < 4.78 is 1.92. The maximum absolute atomic E-state index is 12.5. The van der Waals surface area contributed by atoms with Crippen molar-refractivity contribution in [2.75, 3.05) is 23.3 Å². The highest BCUT2D eigenvalue weighted by molar-refractivity contribution is 8.00. The van der Waals surface area contributed by atoms with Crippen LogP contribution in [0.5, 0.6) is 0 Å². The molecule has 0 radical (unpaired) electrons. The second-order valence-electron chi connectivity index (χ2n) is 6.84. The summed E-state index contributed by atoms with van der Waals surface area (Å²) in [4.78, 5) is 14.8. The van der Waals surface area contributed by atoms with Crippen molar-refractivity contribution in [3.8, 4) is 11.4 Å². The molecule has 1 amide bonds. The number of benzene rings is 2. The van der Waals surface area contributed by atoms with Gasteiger partial charge in [0, 0.05) is 42.1 Å². The van der Waals surface area contributed by atoms with Crippen LogP contribution in [0.2, 0.25) is 5.02 Å². The number of nitrogens with zero attached hydrogens (tertiary/aromatic N) is 4. The van der Waals surface area contributed by atoms with Gasteiger partial charge in [-0.05, 0) is 69.3 Å². The van der Waals surface area contributed by atoms with E-state index in [4.69, 9.17) is 11.6 Å². The Morgan fingerprint density at radius 2 is 1.73 bits per heavy atom. The Morgan fingerprint density at radius 1 is 1.10 bits per heavy atom. The number of rotatable bonds is 8. The van der Waals surface area contributed by atoms with Gasteiger partial charge < -0.3 is 14.8 Å². The smallest absolute Gasteiger partial charge is 0.237 e. The van der Waals surface area contributed by atoms with Crippen molar-refractivity contribution in [1.82, 2.24) is 14.8 Å². The predicted molar refractivity (Wildman–Crippen MR) is 125 cm³/mol. The van der Waals surface area contributed by atoms with Crippen LogP contribution in [0.3, 0.4) is 0 Å². The Morgan fingerprint density at radius 3 is 2.33 bits per heavy atom. The molecule has 3 rings (SSSR count). The molecule has 0 fully saturated rings. The van der Waals surface area contributed by atoms with Crippen LogP contribution in [0.1, 0.15) is 20.8 Å². The van der Waals surface area contributed by atoms with Crippen LogP contribution in [0.4, 0.5) is 11.4 Å². The summed E-state index contributed by atoms with van der Waals surface area (Å²) >= 11 is 7.26. The summed E-state index contributed by atoms with van der Waals surface area (Å²) in [5, 5.41) is 12.5. The van der Waals surface area contributed by atoms with Gasteiger partial charge in [-0.15, -0.1) is 10.2 Å². The largest absolute Gasteiger partial charge is 0.372 e. The van der Waals surface area contributed by atoms with Gasteiger partial charge in [0.25, 0.3) is 0 Å². The second-order valence-corrected chi connectivity index (χ2v) is 8.58. The molecule has 158 valence electrons. The minimum atomic E-state index is -0.332. The number of hydrogen-bond acceptors (Lipinski definition) is 5. The molecule has 3 aromatic rings. The van der Waals surface area contributed by atoms with Crippen molar-refractivity contribution in [1.29, 1.82) is 0 Å². The van der Waals surface area contributed by atoms with E-state index in [2.05, 4.69) is 58.5 Å². The van der Waals surface area contributed by atoms with E-state index >= 15 is 0 Å². The fraction of sp³-hybridized carbons (Fsp3) is 0.318. The minimum Gasteiger partial charge on any atom is -0.372 e. The topological polar surface area (TPSA) is 63.1 Å². The highest BCUT2D eigenvalue weighted by atomic mass is 35.5. The van der Waals surface area contributed by atoms with E-state index in [0.29, 0.717) is 15.9 Å². The molecule has 0 aliphatic rings. The van der Waals surface area contributed by atoms with Gasteiger partial charge in [0.2, 0.25) is 5.91 Å². The zero-order chi connectivity index (χ0) is 21.7. The number of halogens is 1. The van der Waals surface area contributed by atoms with Crippen molar-refractivity contribution in [3.63, 3.8) is 0 Å². The van der Waals surface area contributed by atoms with Crippen LogP contribution in [0, 0.1) is 0 Å². The van der Waals surface area contributed by atoms with Crippen LogP contribution in [-0.4, -0.2) is 39.0 Å². The Hall–Kier alpha value is -2.51. The lowest BCUT2D eigenvalue weighted by molar-refractivity contribution is -0.115. The molecule has 0 aliphatic carbocycles. The van der Waals surface area contributed by atoms with Gasteiger partial charge in [-0.2, -0.15) is 0 Å². The molecule has 30 heavy (non-hydrogen) atoms. The molecule has 1 N–H and O–H groups in total. The summed E-state index contributed by atoms with van der Waals surface area (Å²) in [6.45, 7) is 8.08. The van der Waals surface area contributed by atoms with Gasteiger partial charge in [0.15, 0.2) is 11.0 Å². The second kappa shape index (κ2) is 10.00. The summed E-state index contributed by atoms with van der Waals surface area (Å²) in [7, 11) is 1.92. The van der Waals surface area contributed by atoms with Crippen molar-refractivity contribution < 1.29 is 4.79 Å². The lowest BCUT2D eigenvalue weighted by Crippen LogP contribution is -2.22. The van der Waals surface area contributed by atoms with Gasteiger partial charge in [-0.3, -0.25) is 4.79 Å². The van der Waals surface area contributed by atoms with E-state index in [0.717, 1.165) is 24.5 Å². The first-order valence-electron chi connectivity index (χ1n) is 9.90. The molecule has 1 unspecified atom stereocenters. The Labute approximate surface area is 186 Å². The maximum Gasteiger partial charge on any atom is 0.237 e. The number of amides is 1. The molecule has 1 aromatic heterocycles. The molecule has 8 heteroatoms. The summed E-state index contributed by atoms with van der Waals surface area (Å²) in [5.41, 5.74) is 2.89. The Bertz CT molecular complexity index is 984. The van der Waals surface area contributed by atoms with Crippen molar-refractivity contribution in [3.05, 3.63) is 53.6 Å². The number of anilines is 2. The maximum atomic E-state index is 12.5. The van der Waals surface area contributed by atoms with Gasteiger partial charge in [0.1, 0.15) is 0 Å². The quantitative estimate of drug-likeness (QED) is 0.490. The van der Waals surface area contributed by atoms with Crippen LogP contribution in [0.15, 0.2) is 53.7 Å². The fourth-order valence-corrected chi connectivity index (χ4v) is 4.01. The molecule has 0 aliphatic heterocycles. The van der Waals surface area contributed by atoms with Gasteiger partial charge in [-0.25, -0.2) is 0 Å². The van der Waals surface area contributed by atoms with E-state index in [-0.39, 0.29) is 11.2 Å². The first-order valence-corrected chi connectivity index (χ1v) is 11.2. The number of nitrogens with one attached hydrogen (secondary N) is 1. The zero-order valence-corrected chi connectivity index (χ0v) is 19.2. The lowest BCUT2D eigenvalue weighted by atomic mass is 10.2. The highest BCUT2D eigenvalue weighted by Crippen LogP contribution is 2.27. The van der Waals surface area contributed by atoms with Gasteiger partial charge in [0.05, 0.1) is 5.25 Å². The normalized spacial score (nSPS) is 11.9. The molecular weight excluding hydrogens is 418 g/mol. The number of thioether (sulfide) groups is 1. The Kier molecular flexibility index (Phi) is 7.39. The van der Waals surface area contributed by atoms with Crippen molar-refractivity contribution in [2.45, 2.75) is 31.2 Å². The van der Waals surface area contributed by atoms with E-state index in [9.17, 15) is 4.79 Å². The summed E-state index contributed by atoms with van der Waals surface area (Å²) in [6.07, 6.45) is 0. The zero-order valence-electron chi connectivity index (χ0n) is 17.6. The molecule has 1 atom stereocenters. The van der Waals surface area contributed by atoms with Crippen molar-refractivity contribution in [2.24, 2.45) is 7.05 Å². The molecule has 6 nitrogen and oxygen atoms in total. The number of carbonyl (C=O) groups is 1. The van der Waals surface area contributed by atoms with Gasteiger partial charge >= 0.3 is 0 Å². The summed E-state index contributed by atoms with van der Waals surface area (Å²) in [5.74, 6) is 0.671. The third-order valence-electron chi connectivity index (χ3n) is 4.85. The van der Waals surface area contributed by atoms with Crippen LogP contribution in [-0.2, 0) is 11.8 Å². The number of hydrogen-bond donors (Lipinski definition) is 1. The number of aromatic nitrogens is 3. The first-order chi connectivity index (χ1) is 14.4. The SMILES string of the molecule is CCN(CC)c1ccc(-c2nnc(SC(C)C(=O)Nc3ccc(Cl)cc3)n2C)cc1. The van der Waals surface area contributed by atoms with E-state index < -0.39 is 0 Å².